The second-order valence-corrected chi connectivity index (χ2v) is 8.58. The maximum absolute atomic E-state index is 13.0. The number of sulfonamides is 1. The van der Waals surface area contributed by atoms with E-state index in [0.29, 0.717) is 49.1 Å². The summed E-state index contributed by atoms with van der Waals surface area (Å²) >= 11 is 0. The summed E-state index contributed by atoms with van der Waals surface area (Å²) in [5.74, 6) is 0.138. The monoisotopic (exact) mass is 401 g/mol. The third-order valence-electron chi connectivity index (χ3n) is 4.74. The van der Waals surface area contributed by atoms with Gasteiger partial charge < -0.3 is 4.42 Å². The molecule has 0 amide bonds. The van der Waals surface area contributed by atoms with Gasteiger partial charge in [-0.3, -0.25) is 4.90 Å². The lowest BCUT2D eigenvalue weighted by molar-refractivity contribution is 0.180. The van der Waals surface area contributed by atoms with Crippen LogP contribution in [0.1, 0.15) is 5.69 Å². The van der Waals surface area contributed by atoms with E-state index in [2.05, 4.69) is 9.88 Å². The van der Waals surface area contributed by atoms with E-state index in [1.165, 1.54) is 16.4 Å². The van der Waals surface area contributed by atoms with Crippen LogP contribution >= 0.6 is 0 Å². The molecule has 2 aromatic carbocycles. The first kappa shape index (κ1) is 18.8. The lowest BCUT2D eigenvalue weighted by Crippen LogP contribution is -2.48. The van der Waals surface area contributed by atoms with E-state index < -0.39 is 10.0 Å². The number of piperazine rings is 1. The van der Waals surface area contributed by atoms with Gasteiger partial charge in [-0.1, -0.05) is 18.2 Å². The minimum absolute atomic E-state index is 0.307. The van der Waals surface area contributed by atoms with Gasteiger partial charge in [0.1, 0.15) is 12.1 Å². The van der Waals surface area contributed by atoms with Gasteiger partial charge >= 0.3 is 0 Å². The Morgan fingerprint density at radius 1 is 0.964 bits per heavy atom. The number of halogens is 1. The molecule has 0 unspecified atom stereocenters. The molecule has 8 heteroatoms. The first-order valence-electron chi connectivity index (χ1n) is 9.00. The third kappa shape index (κ3) is 3.99. The number of benzene rings is 2. The summed E-state index contributed by atoms with van der Waals surface area (Å²) in [6.07, 6.45) is 1.59. The van der Waals surface area contributed by atoms with Gasteiger partial charge in [0, 0.05) is 38.3 Å². The quantitative estimate of drug-likeness (QED) is 0.658. The molecule has 6 nitrogen and oxygen atoms in total. The molecule has 0 aliphatic carbocycles. The Morgan fingerprint density at radius 3 is 2.32 bits per heavy atom. The number of hydrogen-bond donors (Lipinski definition) is 0. The molecule has 4 rings (SSSR count). The van der Waals surface area contributed by atoms with E-state index in [1.54, 1.807) is 48.7 Å². The van der Waals surface area contributed by atoms with Crippen LogP contribution in [-0.4, -0.2) is 48.8 Å². The van der Waals surface area contributed by atoms with Crippen molar-refractivity contribution in [2.24, 2.45) is 0 Å². The molecule has 0 atom stereocenters. The number of hydrogen-bond acceptors (Lipinski definition) is 5. The van der Waals surface area contributed by atoms with Crippen molar-refractivity contribution < 1.29 is 17.2 Å². The molecule has 0 saturated carbocycles. The fourth-order valence-electron chi connectivity index (χ4n) is 3.20. The van der Waals surface area contributed by atoms with E-state index >= 15 is 0 Å². The van der Waals surface area contributed by atoms with Crippen LogP contribution in [0.3, 0.4) is 0 Å². The fraction of sp³-hybridized carbons (Fsp3) is 0.250. The molecule has 1 fully saturated rings. The standard InChI is InChI=1S/C20H20FN3O3S/c21-17-8-6-16(7-9-17)20-22-18(15-27-20)14-23-10-12-24(13-11-23)28(25,26)19-4-2-1-3-5-19/h1-9,15H,10-14H2. The molecule has 0 spiro atoms. The van der Waals surface area contributed by atoms with Gasteiger partial charge in [-0.05, 0) is 36.4 Å². The van der Waals surface area contributed by atoms with Gasteiger partial charge in [0.15, 0.2) is 0 Å². The second kappa shape index (κ2) is 7.83. The van der Waals surface area contributed by atoms with Gasteiger partial charge in [0.05, 0.1) is 10.6 Å². The lowest BCUT2D eigenvalue weighted by atomic mass is 10.2. The summed E-state index contributed by atoms with van der Waals surface area (Å²) in [4.78, 5) is 6.92. The van der Waals surface area contributed by atoms with E-state index in [-0.39, 0.29) is 5.82 Å². The van der Waals surface area contributed by atoms with Crippen molar-refractivity contribution in [3.63, 3.8) is 0 Å². The Bertz CT molecular complexity index is 1030. The van der Waals surface area contributed by atoms with Crippen LogP contribution < -0.4 is 0 Å². The minimum Gasteiger partial charge on any atom is -0.444 e. The molecule has 1 saturated heterocycles. The van der Waals surface area contributed by atoms with Gasteiger partial charge in [0.2, 0.25) is 15.9 Å². The first-order chi connectivity index (χ1) is 13.5. The Kier molecular flexibility index (Phi) is 5.25. The summed E-state index contributed by atoms with van der Waals surface area (Å²) in [5.41, 5.74) is 1.48. The molecule has 146 valence electrons. The smallest absolute Gasteiger partial charge is 0.243 e. The van der Waals surface area contributed by atoms with Crippen molar-refractivity contribution in [1.82, 2.24) is 14.2 Å². The van der Waals surface area contributed by atoms with Crippen molar-refractivity contribution in [2.75, 3.05) is 26.2 Å². The third-order valence-corrected chi connectivity index (χ3v) is 6.65. The zero-order chi connectivity index (χ0) is 19.6. The van der Waals surface area contributed by atoms with Gasteiger partial charge in [-0.15, -0.1) is 0 Å². The van der Waals surface area contributed by atoms with Crippen molar-refractivity contribution in [1.29, 1.82) is 0 Å². The summed E-state index contributed by atoms with van der Waals surface area (Å²) in [6.45, 7) is 2.67. The Balaban J connectivity index is 1.37. The SMILES string of the molecule is O=S(=O)(c1ccccc1)N1CCN(Cc2coc(-c3ccc(F)cc3)n2)CC1. The van der Waals surface area contributed by atoms with E-state index in [0.717, 1.165) is 5.69 Å². The largest absolute Gasteiger partial charge is 0.444 e. The fourth-order valence-corrected chi connectivity index (χ4v) is 4.65. The maximum Gasteiger partial charge on any atom is 0.243 e. The molecular weight excluding hydrogens is 381 g/mol. The Labute approximate surface area is 163 Å². The number of oxazole rings is 1. The lowest BCUT2D eigenvalue weighted by Gasteiger charge is -2.33. The predicted octanol–water partition coefficient (Wildman–Crippen LogP) is 2.99. The number of nitrogens with zero attached hydrogens (tertiary/aromatic N) is 3. The molecule has 2 heterocycles. The van der Waals surface area contributed by atoms with Crippen LogP contribution in [0.4, 0.5) is 4.39 Å². The Hall–Kier alpha value is -2.55. The topological polar surface area (TPSA) is 66.7 Å². The van der Waals surface area contributed by atoms with Crippen LogP contribution in [0.2, 0.25) is 0 Å². The highest BCUT2D eigenvalue weighted by molar-refractivity contribution is 7.89. The summed E-state index contributed by atoms with van der Waals surface area (Å²) in [6, 6.07) is 14.5. The van der Waals surface area contributed by atoms with Crippen molar-refractivity contribution in [2.45, 2.75) is 11.4 Å². The highest BCUT2D eigenvalue weighted by Gasteiger charge is 2.28. The number of aromatic nitrogens is 1. The van der Waals surface area contributed by atoms with Gasteiger partial charge in [0.25, 0.3) is 0 Å². The molecule has 1 aliphatic heterocycles. The van der Waals surface area contributed by atoms with Crippen molar-refractivity contribution in [3.05, 3.63) is 72.4 Å². The average Bonchev–Trinajstić information content (AvgIpc) is 3.18. The summed E-state index contributed by atoms with van der Waals surface area (Å²) in [5, 5.41) is 0. The molecule has 1 aliphatic rings. The Morgan fingerprint density at radius 2 is 1.64 bits per heavy atom. The molecule has 3 aromatic rings. The highest BCUT2D eigenvalue weighted by atomic mass is 32.2. The van der Waals surface area contributed by atoms with Gasteiger partial charge in [-0.25, -0.2) is 17.8 Å². The normalized spacial score (nSPS) is 16.3. The minimum atomic E-state index is -3.45. The highest BCUT2D eigenvalue weighted by Crippen LogP contribution is 2.21. The molecular formula is C20H20FN3O3S. The molecule has 0 N–H and O–H groups in total. The summed E-state index contributed by atoms with van der Waals surface area (Å²) in [7, 11) is -3.45. The van der Waals surface area contributed by atoms with Crippen LogP contribution in [-0.2, 0) is 16.6 Å². The molecule has 0 radical (unpaired) electrons. The zero-order valence-electron chi connectivity index (χ0n) is 15.2. The molecule has 28 heavy (non-hydrogen) atoms. The van der Waals surface area contributed by atoms with Crippen LogP contribution in [0, 0.1) is 5.82 Å². The predicted molar refractivity (Wildman–Crippen MR) is 102 cm³/mol. The van der Waals surface area contributed by atoms with E-state index in [1.807, 2.05) is 0 Å². The van der Waals surface area contributed by atoms with Crippen LogP contribution in [0.15, 0.2) is 70.2 Å². The van der Waals surface area contributed by atoms with Crippen molar-refractivity contribution in [3.8, 4) is 11.5 Å². The number of rotatable bonds is 5. The first-order valence-corrected chi connectivity index (χ1v) is 10.4. The van der Waals surface area contributed by atoms with E-state index in [9.17, 15) is 12.8 Å². The van der Waals surface area contributed by atoms with Crippen LogP contribution in [0.25, 0.3) is 11.5 Å². The van der Waals surface area contributed by atoms with Crippen LogP contribution in [0.5, 0.6) is 0 Å². The zero-order valence-corrected chi connectivity index (χ0v) is 16.0. The summed E-state index contributed by atoms with van der Waals surface area (Å²) < 4.78 is 45.4. The molecule has 0 bridgehead atoms. The second-order valence-electron chi connectivity index (χ2n) is 6.64. The average molecular weight is 401 g/mol. The maximum atomic E-state index is 13.0. The van der Waals surface area contributed by atoms with E-state index in [4.69, 9.17) is 4.42 Å². The van der Waals surface area contributed by atoms with Crippen molar-refractivity contribution >= 4 is 10.0 Å². The molecule has 1 aromatic heterocycles. The van der Waals surface area contributed by atoms with Gasteiger partial charge in [-0.2, -0.15) is 4.31 Å².